The van der Waals surface area contributed by atoms with Crippen molar-refractivity contribution in [1.29, 1.82) is 0 Å². The lowest BCUT2D eigenvalue weighted by Gasteiger charge is -2.36. The van der Waals surface area contributed by atoms with Crippen molar-refractivity contribution in [3.63, 3.8) is 0 Å². The minimum Gasteiger partial charge on any atom is -0.497 e. The number of piperazine rings is 1. The minimum absolute atomic E-state index is 0.00952. The average molecular weight is 398 g/mol. The number of methoxy groups -OCH3 is 1. The Hall–Kier alpha value is -2.71. The third-order valence-electron chi connectivity index (χ3n) is 5.00. The van der Waals surface area contributed by atoms with Crippen LogP contribution in [-0.4, -0.2) is 59.2 Å². The van der Waals surface area contributed by atoms with Gasteiger partial charge in [0.05, 0.1) is 18.0 Å². The number of aromatic nitrogens is 2. The standard InChI is InChI=1S/C20H22N4O3S/c1-14(18-21-22-19(27-18)17-7-4-12-28-17)23-8-10-24(11-9-23)20(25)15-5-3-6-16(13-15)26-2/h3-7,12-14H,8-11H2,1-2H3. The van der Waals surface area contributed by atoms with E-state index in [1.54, 1.807) is 24.5 Å². The fourth-order valence-electron chi connectivity index (χ4n) is 3.31. The highest BCUT2D eigenvalue weighted by molar-refractivity contribution is 7.13. The van der Waals surface area contributed by atoms with E-state index in [0.717, 1.165) is 18.0 Å². The number of nitrogens with zero attached hydrogens (tertiary/aromatic N) is 4. The van der Waals surface area contributed by atoms with Gasteiger partial charge < -0.3 is 14.1 Å². The van der Waals surface area contributed by atoms with Crippen LogP contribution < -0.4 is 4.74 Å². The van der Waals surface area contributed by atoms with Gasteiger partial charge in [0, 0.05) is 31.7 Å². The summed E-state index contributed by atoms with van der Waals surface area (Å²) in [5.74, 6) is 1.89. The summed E-state index contributed by atoms with van der Waals surface area (Å²) in [4.78, 5) is 17.9. The number of hydrogen-bond acceptors (Lipinski definition) is 7. The van der Waals surface area contributed by atoms with Crippen LogP contribution in [0.4, 0.5) is 0 Å². The molecule has 1 aromatic carbocycles. The van der Waals surface area contributed by atoms with Gasteiger partial charge in [-0.3, -0.25) is 9.69 Å². The Morgan fingerprint density at radius 3 is 2.71 bits per heavy atom. The Bertz CT molecular complexity index is 933. The van der Waals surface area contributed by atoms with Gasteiger partial charge in [-0.1, -0.05) is 12.1 Å². The molecular weight excluding hydrogens is 376 g/mol. The zero-order valence-electron chi connectivity index (χ0n) is 15.9. The molecule has 146 valence electrons. The van der Waals surface area contributed by atoms with E-state index in [1.807, 2.05) is 40.6 Å². The second kappa shape index (κ2) is 8.12. The second-order valence-corrected chi connectivity index (χ2v) is 7.61. The van der Waals surface area contributed by atoms with E-state index >= 15 is 0 Å². The molecule has 0 aliphatic carbocycles. The minimum atomic E-state index is 0.00952. The number of ether oxygens (including phenoxy) is 1. The number of carbonyl (C=O) groups excluding carboxylic acids is 1. The smallest absolute Gasteiger partial charge is 0.257 e. The lowest BCUT2D eigenvalue weighted by atomic mass is 10.1. The average Bonchev–Trinajstić information content (AvgIpc) is 3.44. The van der Waals surface area contributed by atoms with E-state index in [-0.39, 0.29) is 11.9 Å². The molecule has 1 atom stereocenters. The highest BCUT2D eigenvalue weighted by Gasteiger charge is 2.28. The van der Waals surface area contributed by atoms with E-state index in [1.165, 1.54) is 0 Å². The van der Waals surface area contributed by atoms with Crippen molar-refractivity contribution in [3.05, 3.63) is 53.2 Å². The topological polar surface area (TPSA) is 71.7 Å². The van der Waals surface area contributed by atoms with Crippen LogP contribution in [0.1, 0.15) is 29.2 Å². The van der Waals surface area contributed by atoms with Crippen molar-refractivity contribution in [2.45, 2.75) is 13.0 Å². The molecule has 1 aliphatic heterocycles. The maximum Gasteiger partial charge on any atom is 0.257 e. The van der Waals surface area contributed by atoms with E-state index in [9.17, 15) is 4.79 Å². The van der Waals surface area contributed by atoms with Gasteiger partial charge in [0.2, 0.25) is 5.89 Å². The molecule has 0 radical (unpaired) electrons. The summed E-state index contributed by atoms with van der Waals surface area (Å²) in [6.07, 6.45) is 0. The lowest BCUT2D eigenvalue weighted by molar-refractivity contribution is 0.0558. The summed E-state index contributed by atoms with van der Waals surface area (Å²) in [5, 5.41) is 10.4. The molecule has 7 nitrogen and oxygen atoms in total. The van der Waals surface area contributed by atoms with Crippen LogP contribution in [0.2, 0.25) is 0 Å². The predicted octanol–water partition coefficient (Wildman–Crippen LogP) is 3.33. The van der Waals surface area contributed by atoms with E-state index in [4.69, 9.17) is 9.15 Å². The highest BCUT2D eigenvalue weighted by Crippen LogP contribution is 2.27. The highest BCUT2D eigenvalue weighted by atomic mass is 32.1. The zero-order chi connectivity index (χ0) is 19.5. The van der Waals surface area contributed by atoms with Crippen LogP contribution in [0.5, 0.6) is 5.75 Å². The Morgan fingerprint density at radius 1 is 1.18 bits per heavy atom. The molecule has 0 saturated carbocycles. The van der Waals surface area contributed by atoms with Crippen molar-refractivity contribution in [1.82, 2.24) is 20.0 Å². The van der Waals surface area contributed by atoms with Crippen LogP contribution in [0, 0.1) is 0 Å². The molecule has 3 heterocycles. The van der Waals surface area contributed by atoms with Gasteiger partial charge in [-0.25, -0.2) is 0 Å². The summed E-state index contributed by atoms with van der Waals surface area (Å²) < 4.78 is 11.1. The van der Waals surface area contributed by atoms with Crippen molar-refractivity contribution in [2.24, 2.45) is 0 Å². The first-order valence-corrected chi connectivity index (χ1v) is 10.1. The molecule has 1 unspecified atom stereocenters. The summed E-state index contributed by atoms with van der Waals surface area (Å²) in [5.41, 5.74) is 0.651. The molecule has 1 saturated heterocycles. The normalized spacial score (nSPS) is 16.1. The Balaban J connectivity index is 1.37. The number of thiophene rings is 1. The summed E-state index contributed by atoms with van der Waals surface area (Å²) in [6, 6.07) is 11.2. The van der Waals surface area contributed by atoms with Gasteiger partial charge in [-0.2, -0.15) is 0 Å². The first-order valence-electron chi connectivity index (χ1n) is 9.20. The summed E-state index contributed by atoms with van der Waals surface area (Å²) >= 11 is 1.58. The molecule has 1 fully saturated rings. The maximum atomic E-state index is 12.8. The quantitative estimate of drug-likeness (QED) is 0.657. The Morgan fingerprint density at radius 2 is 2.00 bits per heavy atom. The molecule has 3 aromatic rings. The number of rotatable bonds is 5. The fourth-order valence-corrected chi connectivity index (χ4v) is 3.95. The van der Waals surface area contributed by atoms with Crippen molar-refractivity contribution in [3.8, 4) is 16.5 Å². The summed E-state index contributed by atoms with van der Waals surface area (Å²) in [6.45, 7) is 4.89. The van der Waals surface area contributed by atoms with Crippen LogP contribution in [0.3, 0.4) is 0 Å². The van der Waals surface area contributed by atoms with Gasteiger partial charge >= 0.3 is 0 Å². The van der Waals surface area contributed by atoms with E-state index < -0.39 is 0 Å². The number of amides is 1. The fraction of sp³-hybridized carbons (Fsp3) is 0.350. The van der Waals surface area contributed by atoms with Gasteiger partial charge in [-0.15, -0.1) is 21.5 Å². The molecule has 28 heavy (non-hydrogen) atoms. The van der Waals surface area contributed by atoms with Gasteiger partial charge in [0.15, 0.2) is 0 Å². The third-order valence-corrected chi connectivity index (χ3v) is 5.85. The van der Waals surface area contributed by atoms with Gasteiger partial charge in [0.25, 0.3) is 11.8 Å². The number of carbonyl (C=O) groups is 1. The third kappa shape index (κ3) is 3.79. The second-order valence-electron chi connectivity index (χ2n) is 6.66. The molecule has 0 spiro atoms. The number of hydrogen-bond donors (Lipinski definition) is 0. The van der Waals surface area contributed by atoms with Crippen molar-refractivity contribution in [2.75, 3.05) is 33.3 Å². The van der Waals surface area contributed by atoms with Crippen LogP contribution in [-0.2, 0) is 0 Å². The maximum absolute atomic E-state index is 12.8. The van der Waals surface area contributed by atoms with Crippen LogP contribution in [0.15, 0.2) is 46.2 Å². The molecule has 4 rings (SSSR count). The van der Waals surface area contributed by atoms with Gasteiger partial charge in [-0.05, 0) is 36.6 Å². The Labute approximate surface area is 167 Å². The van der Waals surface area contributed by atoms with Crippen molar-refractivity contribution >= 4 is 17.2 Å². The zero-order valence-corrected chi connectivity index (χ0v) is 16.7. The van der Waals surface area contributed by atoms with Crippen LogP contribution >= 0.6 is 11.3 Å². The molecule has 0 bridgehead atoms. The van der Waals surface area contributed by atoms with E-state index in [0.29, 0.717) is 36.2 Å². The van der Waals surface area contributed by atoms with Crippen molar-refractivity contribution < 1.29 is 13.9 Å². The van der Waals surface area contributed by atoms with E-state index in [2.05, 4.69) is 22.0 Å². The molecule has 8 heteroatoms. The molecule has 1 aliphatic rings. The number of benzene rings is 1. The monoisotopic (exact) mass is 398 g/mol. The lowest BCUT2D eigenvalue weighted by Crippen LogP contribution is -2.49. The summed E-state index contributed by atoms with van der Waals surface area (Å²) in [7, 11) is 1.60. The SMILES string of the molecule is COc1cccc(C(=O)N2CCN(C(C)c3nnc(-c4cccs4)o3)CC2)c1. The largest absolute Gasteiger partial charge is 0.497 e. The molecule has 0 N–H and O–H groups in total. The molecular formula is C20H22N4O3S. The van der Waals surface area contributed by atoms with Crippen LogP contribution in [0.25, 0.3) is 10.8 Å². The first kappa shape index (κ1) is 18.6. The first-order chi connectivity index (χ1) is 13.7. The molecule has 2 aromatic heterocycles. The Kier molecular flexibility index (Phi) is 5.40. The van der Waals surface area contributed by atoms with Gasteiger partial charge in [0.1, 0.15) is 5.75 Å². The predicted molar refractivity (Wildman–Crippen MR) is 106 cm³/mol. The molecule has 1 amide bonds.